The maximum atomic E-state index is 12.0. The number of nitrogens with one attached hydrogen (secondary N) is 1. The summed E-state index contributed by atoms with van der Waals surface area (Å²) in [6.07, 6.45) is 5.68. The fraction of sp³-hybridized carbons (Fsp3) is 0.333. The molecule has 0 radical (unpaired) electrons. The van der Waals surface area contributed by atoms with Crippen molar-refractivity contribution < 1.29 is 4.79 Å². The van der Waals surface area contributed by atoms with E-state index in [2.05, 4.69) is 17.3 Å². The highest BCUT2D eigenvalue weighted by Gasteiger charge is 2.08. The third-order valence-electron chi connectivity index (χ3n) is 3.06. The molecule has 106 valence electrons. The second-order valence-electron chi connectivity index (χ2n) is 4.71. The number of amides is 2. The number of rotatable bonds is 5. The molecule has 5 nitrogen and oxygen atoms in total. The summed E-state index contributed by atoms with van der Waals surface area (Å²) in [5.41, 5.74) is 1.69. The second-order valence-corrected chi connectivity index (χ2v) is 4.71. The summed E-state index contributed by atoms with van der Waals surface area (Å²) in [5, 5.41) is 7.07. The summed E-state index contributed by atoms with van der Waals surface area (Å²) in [5.74, 6) is 0. The molecule has 0 aliphatic carbocycles. The van der Waals surface area contributed by atoms with E-state index >= 15 is 0 Å². The Hall–Kier alpha value is -2.30. The van der Waals surface area contributed by atoms with Crippen LogP contribution in [0.25, 0.3) is 5.69 Å². The molecule has 2 amide bonds. The third-order valence-corrected chi connectivity index (χ3v) is 3.06. The number of carbonyl (C=O) groups excluding carboxylic acids is 1. The van der Waals surface area contributed by atoms with Gasteiger partial charge in [-0.25, -0.2) is 9.48 Å². The maximum absolute atomic E-state index is 12.0. The number of benzene rings is 1. The number of unbranched alkanes of at least 4 members (excludes halogenated alkanes) is 1. The van der Waals surface area contributed by atoms with Gasteiger partial charge in [-0.15, -0.1) is 0 Å². The average molecular weight is 272 g/mol. The van der Waals surface area contributed by atoms with Crippen LogP contribution in [0.4, 0.5) is 10.5 Å². The molecule has 0 unspecified atom stereocenters. The van der Waals surface area contributed by atoms with Gasteiger partial charge in [0.1, 0.15) is 0 Å². The minimum absolute atomic E-state index is 0.0870. The molecule has 0 saturated carbocycles. The molecule has 0 fully saturated rings. The van der Waals surface area contributed by atoms with E-state index in [1.54, 1.807) is 15.8 Å². The molecular formula is C15H20N4O. The van der Waals surface area contributed by atoms with Crippen LogP contribution in [0.2, 0.25) is 0 Å². The summed E-state index contributed by atoms with van der Waals surface area (Å²) < 4.78 is 1.76. The van der Waals surface area contributed by atoms with Crippen molar-refractivity contribution in [2.24, 2.45) is 0 Å². The number of nitrogens with zero attached hydrogens (tertiary/aromatic N) is 3. The van der Waals surface area contributed by atoms with Crippen molar-refractivity contribution in [2.45, 2.75) is 19.8 Å². The first kappa shape index (κ1) is 14.1. The van der Waals surface area contributed by atoms with Gasteiger partial charge in [0.2, 0.25) is 0 Å². The second kappa shape index (κ2) is 6.75. The largest absolute Gasteiger partial charge is 0.328 e. The molecule has 1 aromatic heterocycles. The van der Waals surface area contributed by atoms with E-state index in [1.165, 1.54) is 0 Å². The fourth-order valence-corrected chi connectivity index (χ4v) is 1.86. The summed E-state index contributed by atoms with van der Waals surface area (Å²) >= 11 is 0. The van der Waals surface area contributed by atoms with Gasteiger partial charge in [0.15, 0.2) is 0 Å². The number of anilines is 1. The summed E-state index contributed by atoms with van der Waals surface area (Å²) in [6.45, 7) is 2.88. The molecule has 0 bridgehead atoms. The van der Waals surface area contributed by atoms with Gasteiger partial charge in [0.05, 0.1) is 5.69 Å². The molecule has 0 aliphatic rings. The van der Waals surface area contributed by atoms with E-state index in [4.69, 9.17) is 0 Å². The quantitative estimate of drug-likeness (QED) is 0.909. The summed E-state index contributed by atoms with van der Waals surface area (Å²) in [4.78, 5) is 13.7. The van der Waals surface area contributed by atoms with Crippen LogP contribution < -0.4 is 5.32 Å². The predicted octanol–water partition coefficient (Wildman–Crippen LogP) is 3.14. The molecule has 0 saturated heterocycles. The van der Waals surface area contributed by atoms with E-state index in [1.807, 2.05) is 43.6 Å². The van der Waals surface area contributed by atoms with Crippen molar-refractivity contribution in [3.63, 3.8) is 0 Å². The topological polar surface area (TPSA) is 50.2 Å². The zero-order valence-corrected chi connectivity index (χ0v) is 11.9. The van der Waals surface area contributed by atoms with Gasteiger partial charge in [0, 0.05) is 31.7 Å². The fourth-order valence-electron chi connectivity index (χ4n) is 1.86. The van der Waals surface area contributed by atoms with Crippen LogP contribution in [0.1, 0.15) is 19.8 Å². The molecule has 0 atom stereocenters. The minimum Gasteiger partial charge on any atom is -0.328 e. The molecule has 0 aliphatic heterocycles. The number of urea groups is 1. The van der Waals surface area contributed by atoms with Gasteiger partial charge in [0.25, 0.3) is 0 Å². The standard InChI is InChI=1S/C15H20N4O/c1-3-4-10-18(2)15(20)17-13-7-5-8-14(12-13)19-11-6-9-16-19/h5-9,11-12H,3-4,10H2,1-2H3,(H,17,20). The lowest BCUT2D eigenvalue weighted by atomic mass is 10.3. The highest BCUT2D eigenvalue weighted by atomic mass is 16.2. The van der Waals surface area contributed by atoms with Crippen molar-refractivity contribution in [3.8, 4) is 5.69 Å². The van der Waals surface area contributed by atoms with Crippen molar-refractivity contribution in [1.82, 2.24) is 14.7 Å². The van der Waals surface area contributed by atoms with Crippen LogP contribution in [0, 0.1) is 0 Å². The molecule has 0 spiro atoms. The van der Waals surface area contributed by atoms with E-state index < -0.39 is 0 Å². The molecule has 2 aromatic rings. The Labute approximate surface area is 119 Å². The predicted molar refractivity (Wildman–Crippen MR) is 80.1 cm³/mol. The van der Waals surface area contributed by atoms with Gasteiger partial charge in [-0.05, 0) is 30.7 Å². The Morgan fingerprint density at radius 1 is 1.40 bits per heavy atom. The first-order valence-electron chi connectivity index (χ1n) is 6.83. The third kappa shape index (κ3) is 3.60. The molecule has 1 N–H and O–H groups in total. The zero-order chi connectivity index (χ0) is 14.4. The van der Waals surface area contributed by atoms with Crippen LogP contribution in [-0.4, -0.2) is 34.3 Å². The highest BCUT2D eigenvalue weighted by Crippen LogP contribution is 2.14. The molecule has 2 rings (SSSR count). The Morgan fingerprint density at radius 2 is 2.25 bits per heavy atom. The number of carbonyl (C=O) groups is 1. The molecule has 1 heterocycles. The summed E-state index contributed by atoms with van der Waals surface area (Å²) in [6, 6.07) is 9.40. The Kier molecular flexibility index (Phi) is 4.76. The Morgan fingerprint density at radius 3 is 2.95 bits per heavy atom. The first-order valence-corrected chi connectivity index (χ1v) is 6.83. The normalized spacial score (nSPS) is 10.3. The molecule has 1 aromatic carbocycles. The van der Waals surface area contributed by atoms with Crippen LogP contribution >= 0.6 is 0 Å². The summed E-state index contributed by atoms with van der Waals surface area (Å²) in [7, 11) is 1.81. The van der Waals surface area contributed by atoms with Crippen LogP contribution in [0.15, 0.2) is 42.7 Å². The average Bonchev–Trinajstić information content (AvgIpc) is 2.99. The lowest BCUT2D eigenvalue weighted by molar-refractivity contribution is 0.222. The van der Waals surface area contributed by atoms with Gasteiger partial charge < -0.3 is 10.2 Å². The van der Waals surface area contributed by atoms with Crippen molar-refractivity contribution >= 4 is 11.7 Å². The van der Waals surface area contributed by atoms with Crippen molar-refractivity contribution in [3.05, 3.63) is 42.7 Å². The van der Waals surface area contributed by atoms with E-state index in [0.29, 0.717) is 0 Å². The maximum Gasteiger partial charge on any atom is 0.321 e. The van der Waals surface area contributed by atoms with Gasteiger partial charge in [-0.2, -0.15) is 5.10 Å². The lowest BCUT2D eigenvalue weighted by Crippen LogP contribution is -2.32. The number of aromatic nitrogens is 2. The van der Waals surface area contributed by atoms with E-state index in [9.17, 15) is 4.79 Å². The molecular weight excluding hydrogens is 252 g/mol. The highest BCUT2D eigenvalue weighted by molar-refractivity contribution is 5.89. The van der Waals surface area contributed by atoms with Crippen molar-refractivity contribution in [1.29, 1.82) is 0 Å². The SMILES string of the molecule is CCCCN(C)C(=O)Nc1cccc(-n2cccn2)c1. The lowest BCUT2D eigenvalue weighted by Gasteiger charge is -2.17. The van der Waals surface area contributed by atoms with Gasteiger partial charge in [-0.1, -0.05) is 19.4 Å². The van der Waals surface area contributed by atoms with E-state index in [0.717, 1.165) is 30.8 Å². The number of hydrogen-bond acceptors (Lipinski definition) is 2. The monoisotopic (exact) mass is 272 g/mol. The Bertz CT molecular complexity index is 551. The first-order chi connectivity index (χ1) is 9.70. The van der Waals surface area contributed by atoms with Gasteiger partial charge in [-0.3, -0.25) is 0 Å². The van der Waals surface area contributed by atoms with Crippen LogP contribution in [-0.2, 0) is 0 Å². The van der Waals surface area contributed by atoms with Crippen LogP contribution in [0.5, 0.6) is 0 Å². The van der Waals surface area contributed by atoms with Crippen LogP contribution in [0.3, 0.4) is 0 Å². The zero-order valence-electron chi connectivity index (χ0n) is 11.9. The number of hydrogen-bond donors (Lipinski definition) is 1. The minimum atomic E-state index is -0.0870. The molecule has 5 heteroatoms. The smallest absolute Gasteiger partial charge is 0.321 e. The molecule has 20 heavy (non-hydrogen) atoms. The van der Waals surface area contributed by atoms with Crippen molar-refractivity contribution in [2.75, 3.05) is 18.9 Å². The van der Waals surface area contributed by atoms with Gasteiger partial charge >= 0.3 is 6.03 Å². The van der Waals surface area contributed by atoms with E-state index in [-0.39, 0.29) is 6.03 Å². The Balaban J connectivity index is 2.03.